The zero-order valence-electron chi connectivity index (χ0n) is 13.5. The first-order valence-electron chi connectivity index (χ1n) is 7.55. The predicted molar refractivity (Wildman–Crippen MR) is 84.9 cm³/mol. The Kier molecular flexibility index (Phi) is 5.35. The summed E-state index contributed by atoms with van der Waals surface area (Å²) in [5.74, 6) is -2.16. The number of aliphatic hydroxyl groups is 3. The van der Waals surface area contributed by atoms with Gasteiger partial charge in [0.25, 0.3) is 0 Å². The van der Waals surface area contributed by atoms with Gasteiger partial charge in [0.15, 0.2) is 12.3 Å². The molecule has 0 amide bonds. The van der Waals surface area contributed by atoms with Crippen LogP contribution in [-0.4, -0.2) is 73.6 Å². The molecule has 1 saturated heterocycles. The second kappa shape index (κ2) is 7.31. The van der Waals surface area contributed by atoms with Crippen LogP contribution >= 0.6 is 11.3 Å². The smallest absolute Gasteiger partial charge is 0.479 e. The molecule has 5 N–H and O–H groups in total. The quantitative estimate of drug-likeness (QED) is 0.431. The highest BCUT2D eigenvalue weighted by atomic mass is 32.1. The first kappa shape index (κ1) is 20.5. The van der Waals surface area contributed by atoms with E-state index in [1.807, 2.05) is 0 Å². The lowest BCUT2D eigenvalue weighted by atomic mass is 9.98. The summed E-state index contributed by atoms with van der Waals surface area (Å²) in [6.07, 6.45) is -14.5. The van der Waals surface area contributed by atoms with E-state index in [0.29, 0.717) is 11.3 Å². The molecule has 2 heterocycles. The monoisotopic (exact) mass is 426 g/mol. The van der Waals surface area contributed by atoms with Crippen LogP contribution in [0.2, 0.25) is 0 Å². The van der Waals surface area contributed by atoms with Crippen LogP contribution in [0.25, 0.3) is 10.2 Å². The number of halogens is 3. The molecule has 5 atom stereocenters. The summed E-state index contributed by atoms with van der Waals surface area (Å²) in [5, 5.41) is 48.7. The molecule has 14 heteroatoms. The number of carboxylic acids is 1. The summed E-state index contributed by atoms with van der Waals surface area (Å²) in [7, 11) is 0. The van der Waals surface area contributed by atoms with Crippen LogP contribution in [0.15, 0.2) is 18.2 Å². The molecule has 0 aliphatic carbocycles. The largest absolute Gasteiger partial charge is 0.573 e. The van der Waals surface area contributed by atoms with E-state index >= 15 is 0 Å². The molecule has 1 aliphatic rings. The third-order valence-electron chi connectivity index (χ3n) is 3.85. The van der Waals surface area contributed by atoms with Gasteiger partial charge in [0.1, 0.15) is 24.1 Å². The lowest BCUT2D eigenvalue weighted by molar-refractivity contribution is -0.274. The second-order valence-corrected chi connectivity index (χ2v) is 6.78. The molecule has 1 fully saturated rings. The van der Waals surface area contributed by atoms with Gasteiger partial charge in [-0.3, -0.25) is 5.21 Å². The third-order valence-corrected chi connectivity index (χ3v) is 4.86. The normalized spacial score (nSPS) is 28.3. The lowest BCUT2D eigenvalue weighted by Crippen LogP contribution is -2.63. The number of anilines is 1. The molecule has 1 aliphatic heterocycles. The molecular weight excluding hydrogens is 413 g/mol. The number of aliphatic carboxylic acids is 1. The molecule has 3 rings (SSSR count). The Morgan fingerprint density at radius 3 is 2.50 bits per heavy atom. The van der Waals surface area contributed by atoms with E-state index in [1.54, 1.807) is 0 Å². The summed E-state index contributed by atoms with van der Waals surface area (Å²) >= 11 is 0.688. The maximum Gasteiger partial charge on any atom is 0.573 e. The zero-order valence-corrected chi connectivity index (χ0v) is 14.3. The number of alkyl halides is 3. The maximum atomic E-state index is 12.3. The van der Waals surface area contributed by atoms with Crippen molar-refractivity contribution in [2.45, 2.75) is 37.0 Å². The van der Waals surface area contributed by atoms with Crippen LogP contribution in [0.1, 0.15) is 0 Å². The molecule has 10 nitrogen and oxygen atoms in total. The molecule has 1 aromatic carbocycles. The van der Waals surface area contributed by atoms with Gasteiger partial charge in [0, 0.05) is 6.07 Å². The van der Waals surface area contributed by atoms with Gasteiger partial charge in [0.2, 0.25) is 5.13 Å². The Morgan fingerprint density at radius 1 is 1.21 bits per heavy atom. The van der Waals surface area contributed by atoms with E-state index in [0.717, 1.165) is 12.1 Å². The summed E-state index contributed by atoms with van der Waals surface area (Å²) in [5.41, 5.74) is 0.175. The Morgan fingerprint density at radius 2 is 1.89 bits per heavy atom. The minimum atomic E-state index is -4.90. The Balaban J connectivity index is 1.87. The van der Waals surface area contributed by atoms with Gasteiger partial charge >= 0.3 is 12.3 Å². The number of carboxylic acid groups (broad SMARTS) is 1. The van der Waals surface area contributed by atoms with E-state index in [-0.39, 0.29) is 20.4 Å². The standard InChI is InChI=1S/C14H13F3N2O8S/c15-14(16,17)27-4-1-2-5-6(3-4)28-13(18-5)19(25)11-9(22)7(20)8(21)10(26-11)12(23)24/h1-3,7-11,20-22,25H,(H,23,24)/t7?,8-,9?,10?,11+/m0/s1. The van der Waals surface area contributed by atoms with Crippen molar-refractivity contribution >= 4 is 32.7 Å². The number of aliphatic hydroxyl groups excluding tert-OH is 3. The van der Waals surface area contributed by atoms with E-state index in [2.05, 4.69) is 9.72 Å². The molecule has 1 aromatic heterocycles. The minimum Gasteiger partial charge on any atom is -0.479 e. The van der Waals surface area contributed by atoms with Crippen LogP contribution in [0.3, 0.4) is 0 Å². The Bertz CT molecular complexity index is 878. The maximum absolute atomic E-state index is 12.3. The number of hydrogen-bond acceptors (Lipinski definition) is 10. The van der Waals surface area contributed by atoms with Gasteiger partial charge in [-0.15, -0.1) is 13.2 Å². The number of benzene rings is 1. The van der Waals surface area contributed by atoms with E-state index in [9.17, 15) is 38.5 Å². The number of nitrogens with zero attached hydrogens (tertiary/aromatic N) is 2. The number of hydrogen-bond donors (Lipinski definition) is 5. The van der Waals surface area contributed by atoms with Crippen molar-refractivity contribution in [1.82, 2.24) is 4.98 Å². The molecule has 28 heavy (non-hydrogen) atoms. The Labute approximate surface area is 157 Å². The lowest BCUT2D eigenvalue weighted by Gasteiger charge is -2.41. The molecule has 154 valence electrons. The van der Waals surface area contributed by atoms with Crippen LogP contribution in [0, 0.1) is 0 Å². The first-order valence-corrected chi connectivity index (χ1v) is 8.36. The van der Waals surface area contributed by atoms with Crippen molar-refractivity contribution in [2.75, 3.05) is 5.06 Å². The van der Waals surface area contributed by atoms with Crippen LogP contribution in [0.4, 0.5) is 18.3 Å². The van der Waals surface area contributed by atoms with Crippen LogP contribution in [-0.2, 0) is 9.53 Å². The summed E-state index contributed by atoms with van der Waals surface area (Å²) in [6, 6.07) is 3.23. The summed E-state index contributed by atoms with van der Waals surface area (Å²) in [6.45, 7) is 0. The van der Waals surface area contributed by atoms with E-state index in [4.69, 9.17) is 9.84 Å². The number of ether oxygens (including phenoxy) is 2. The molecule has 0 spiro atoms. The molecule has 0 bridgehead atoms. The summed E-state index contributed by atoms with van der Waals surface area (Å²) in [4.78, 5) is 15.1. The third kappa shape index (κ3) is 3.96. The van der Waals surface area contributed by atoms with Crippen molar-refractivity contribution in [3.8, 4) is 5.75 Å². The Hall–Kier alpha value is -2.23. The number of carbonyl (C=O) groups is 1. The number of thiazole rings is 1. The molecule has 3 unspecified atom stereocenters. The highest BCUT2D eigenvalue weighted by Crippen LogP contribution is 2.35. The fourth-order valence-electron chi connectivity index (χ4n) is 2.56. The van der Waals surface area contributed by atoms with Crippen molar-refractivity contribution in [2.24, 2.45) is 0 Å². The minimum absolute atomic E-state index is 0.175. The zero-order chi connectivity index (χ0) is 20.8. The van der Waals surface area contributed by atoms with Crippen molar-refractivity contribution in [3.63, 3.8) is 0 Å². The van der Waals surface area contributed by atoms with Crippen molar-refractivity contribution < 1.29 is 53.1 Å². The molecular formula is C14H13F3N2O8S. The highest BCUT2D eigenvalue weighted by Gasteiger charge is 2.49. The van der Waals surface area contributed by atoms with E-state index in [1.165, 1.54) is 6.07 Å². The summed E-state index contributed by atoms with van der Waals surface area (Å²) < 4.78 is 45.9. The van der Waals surface area contributed by atoms with Crippen LogP contribution < -0.4 is 9.80 Å². The average Bonchev–Trinajstić information content (AvgIpc) is 3.01. The number of hydroxylamine groups is 1. The second-order valence-electron chi connectivity index (χ2n) is 5.78. The van der Waals surface area contributed by atoms with Gasteiger partial charge in [0.05, 0.1) is 10.2 Å². The molecule has 0 radical (unpaired) electrons. The fraction of sp³-hybridized carbons (Fsp3) is 0.429. The molecule has 2 aromatic rings. The van der Waals surface area contributed by atoms with Crippen molar-refractivity contribution in [1.29, 1.82) is 0 Å². The van der Waals surface area contributed by atoms with Gasteiger partial charge in [-0.25, -0.2) is 9.78 Å². The number of rotatable bonds is 4. The topological polar surface area (TPSA) is 153 Å². The number of fused-ring (bicyclic) bond motifs is 1. The van der Waals surface area contributed by atoms with Crippen LogP contribution in [0.5, 0.6) is 5.75 Å². The average molecular weight is 426 g/mol. The molecule has 0 saturated carbocycles. The predicted octanol–water partition coefficient (Wildman–Crippen LogP) is 0.283. The van der Waals surface area contributed by atoms with Gasteiger partial charge in [-0.05, 0) is 12.1 Å². The number of aromatic nitrogens is 1. The fourth-order valence-corrected chi connectivity index (χ4v) is 3.50. The van der Waals surface area contributed by atoms with E-state index < -0.39 is 48.7 Å². The van der Waals surface area contributed by atoms with Gasteiger partial charge in [-0.1, -0.05) is 11.3 Å². The SMILES string of the molecule is O=C(O)C1O[C@@H](N(O)c2nc3ccc(OC(F)(F)F)cc3s2)C(O)C(O)[C@@H]1O. The first-order chi connectivity index (χ1) is 13.0. The van der Waals surface area contributed by atoms with Gasteiger partial charge in [-0.2, -0.15) is 5.06 Å². The van der Waals surface area contributed by atoms with Gasteiger partial charge < -0.3 is 29.9 Å². The van der Waals surface area contributed by atoms with Crippen molar-refractivity contribution in [3.05, 3.63) is 18.2 Å². The highest BCUT2D eigenvalue weighted by molar-refractivity contribution is 7.22.